The van der Waals surface area contributed by atoms with E-state index in [1.54, 1.807) is 17.5 Å². The van der Waals surface area contributed by atoms with E-state index in [9.17, 15) is 4.21 Å². The van der Waals surface area contributed by atoms with Gasteiger partial charge in [0.25, 0.3) is 0 Å². The highest BCUT2D eigenvalue weighted by molar-refractivity contribution is 7.83. The summed E-state index contributed by atoms with van der Waals surface area (Å²) >= 11 is 1.62. The summed E-state index contributed by atoms with van der Waals surface area (Å²) < 4.78 is 20.1. The van der Waals surface area contributed by atoms with Crippen LogP contribution in [0.3, 0.4) is 0 Å². The molecule has 1 aromatic rings. The molecule has 6 heteroatoms. The summed E-state index contributed by atoms with van der Waals surface area (Å²) in [5.74, 6) is 1.34. The molecule has 2 rings (SSSR count). The molecule has 0 radical (unpaired) electrons. The van der Waals surface area contributed by atoms with Crippen molar-refractivity contribution in [1.29, 1.82) is 0 Å². The van der Waals surface area contributed by atoms with Gasteiger partial charge in [-0.15, -0.1) is 11.3 Å². The molecule has 16 heavy (non-hydrogen) atoms. The summed E-state index contributed by atoms with van der Waals surface area (Å²) in [6.07, 6.45) is 1.66. The van der Waals surface area contributed by atoms with E-state index in [0.717, 1.165) is 5.01 Å². The highest BCUT2D eigenvalue weighted by Gasteiger charge is 2.36. The third-order valence-corrected chi connectivity index (χ3v) is 4.69. The molecule has 1 aliphatic rings. The van der Waals surface area contributed by atoms with E-state index in [-0.39, 0.29) is 12.1 Å². The van der Waals surface area contributed by atoms with Crippen molar-refractivity contribution in [3.05, 3.63) is 16.6 Å². The highest BCUT2D eigenvalue weighted by atomic mass is 32.2. The van der Waals surface area contributed by atoms with Gasteiger partial charge in [-0.2, -0.15) is 0 Å². The molecular formula is C10H16N2O2S2. The number of thiazole rings is 1. The van der Waals surface area contributed by atoms with Crippen LogP contribution in [-0.2, 0) is 15.7 Å². The van der Waals surface area contributed by atoms with Crippen LogP contribution >= 0.6 is 11.3 Å². The molecule has 4 nitrogen and oxygen atoms in total. The largest absolute Gasteiger partial charge is 0.361 e. The zero-order chi connectivity index (χ0) is 11.5. The van der Waals surface area contributed by atoms with Gasteiger partial charge in [0.1, 0.15) is 11.2 Å². The summed E-state index contributed by atoms with van der Waals surface area (Å²) in [5.41, 5.74) is 0. The van der Waals surface area contributed by atoms with Crippen molar-refractivity contribution in [1.82, 2.24) is 9.71 Å². The van der Waals surface area contributed by atoms with Crippen LogP contribution in [0.1, 0.15) is 24.8 Å². The smallest absolute Gasteiger partial charge is 0.130 e. The Morgan fingerprint density at radius 1 is 1.75 bits per heavy atom. The van der Waals surface area contributed by atoms with Crippen LogP contribution < -0.4 is 4.72 Å². The molecule has 90 valence electrons. The molecule has 3 unspecified atom stereocenters. The van der Waals surface area contributed by atoms with Gasteiger partial charge in [0.2, 0.25) is 0 Å². The van der Waals surface area contributed by atoms with Gasteiger partial charge >= 0.3 is 0 Å². The first-order valence-electron chi connectivity index (χ1n) is 5.32. The molecule has 1 aliphatic heterocycles. The van der Waals surface area contributed by atoms with Crippen molar-refractivity contribution < 1.29 is 8.95 Å². The fraction of sp³-hybridized carbons (Fsp3) is 0.700. The van der Waals surface area contributed by atoms with E-state index < -0.39 is 11.0 Å². The lowest BCUT2D eigenvalue weighted by Gasteiger charge is -2.35. The van der Waals surface area contributed by atoms with Crippen LogP contribution in [-0.4, -0.2) is 27.8 Å². The molecule has 1 aromatic heterocycles. The quantitative estimate of drug-likeness (QED) is 0.872. The van der Waals surface area contributed by atoms with E-state index in [2.05, 4.69) is 23.6 Å². The summed E-state index contributed by atoms with van der Waals surface area (Å²) in [5, 5.41) is 3.01. The second kappa shape index (κ2) is 5.35. The zero-order valence-corrected chi connectivity index (χ0v) is 11.0. The standard InChI is InChI=1S/C10H16N2O2S2/c1-7(2)6-16(13)12-9-8(5-14-9)10-11-3-4-15-10/h3-4,7-9,12H,5-6H2,1-2H3. The summed E-state index contributed by atoms with van der Waals surface area (Å²) in [4.78, 5) is 4.26. The normalized spacial score (nSPS) is 26.7. The summed E-state index contributed by atoms with van der Waals surface area (Å²) in [7, 11) is -1.01. The van der Waals surface area contributed by atoms with Crippen LogP contribution in [0.4, 0.5) is 0 Å². The molecule has 3 atom stereocenters. The number of ether oxygens (including phenoxy) is 1. The van der Waals surface area contributed by atoms with Gasteiger partial charge < -0.3 is 4.74 Å². The molecule has 1 N–H and O–H groups in total. The van der Waals surface area contributed by atoms with Gasteiger partial charge in [0, 0.05) is 17.3 Å². The minimum Gasteiger partial charge on any atom is -0.361 e. The third-order valence-electron chi connectivity index (χ3n) is 2.32. The topological polar surface area (TPSA) is 51.2 Å². The lowest BCUT2D eigenvalue weighted by atomic mass is 10.1. The molecule has 0 aromatic carbocycles. The molecule has 0 saturated carbocycles. The van der Waals surface area contributed by atoms with Crippen LogP contribution in [0.2, 0.25) is 0 Å². The first-order valence-corrected chi connectivity index (χ1v) is 7.52. The van der Waals surface area contributed by atoms with E-state index in [1.165, 1.54) is 0 Å². The maximum Gasteiger partial charge on any atom is 0.130 e. The maximum atomic E-state index is 11.7. The number of hydrogen-bond donors (Lipinski definition) is 1. The lowest BCUT2D eigenvalue weighted by Crippen LogP contribution is -2.49. The van der Waals surface area contributed by atoms with E-state index in [4.69, 9.17) is 4.74 Å². The summed E-state index contributed by atoms with van der Waals surface area (Å²) in [6, 6.07) is 0. The Morgan fingerprint density at radius 2 is 2.56 bits per heavy atom. The minimum absolute atomic E-state index is 0.134. The van der Waals surface area contributed by atoms with Gasteiger partial charge in [0.15, 0.2) is 0 Å². The van der Waals surface area contributed by atoms with Gasteiger partial charge in [-0.3, -0.25) is 0 Å². The minimum atomic E-state index is -1.01. The maximum absolute atomic E-state index is 11.7. The number of nitrogens with one attached hydrogen (secondary N) is 1. The average molecular weight is 260 g/mol. The van der Waals surface area contributed by atoms with Crippen LogP contribution in [0.25, 0.3) is 0 Å². The summed E-state index contributed by atoms with van der Waals surface area (Å²) in [6.45, 7) is 4.78. The van der Waals surface area contributed by atoms with Gasteiger partial charge in [-0.25, -0.2) is 13.9 Å². The van der Waals surface area contributed by atoms with Crippen LogP contribution in [0.5, 0.6) is 0 Å². The van der Waals surface area contributed by atoms with Crippen molar-refractivity contribution >= 4 is 22.3 Å². The van der Waals surface area contributed by atoms with Crippen LogP contribution in [0.15, 0.2) is 11.6 Å². The third kappa shape index (κ3) is 2.88. The molecule has 0 aliphatic carbocycles. The van der Waals surface area contributed by atoms with Crippen molar-refractivity contribution in [3.8, 4) is 0 Å². The molecule has 0 spiro atoms. The Balaban J connectivity index is 1.85. The molecular weight excluding hydrogens is 244 g/mol. The molecule has 1 saturated heterocycles. The fourth-order valence-corrected chi connectivity index (χ4v) is 3.45. The number of aromatic nitrogens is 1. The van der Waals surface area contributed by atoms with Crippen molar-refractivity contribution in [2.24, 2.45) is 5.92 Å². The Morgan fingerprint density at radius 3 is 3.06 bits per heavy atom. The average Bonchev–Trinajstić information content (AvgIpc) is 2.64. The monoisotopic (exact) mass is 260 g/mol. The van der Waals surface area contributed by atoms with E-state index in [1.807, 2.05) is 5.38 Å². The fourth-order valence-electron chi connectivity index (χ4n) is 1.50. The van der Waals surface area contributed by atoms with Gasteiger partial charge in [0.05, 0.1) is 23.5 Å². The van der Waals surface area contributed by atoms with Crippen LogP contribution in [0, 0.1) is 5.92 Å². The van der Waals surface area contributed by atoms with E-state index in [0.29, 0.717) is 18.3 Å². The van der Waals surface area contributed by atoms with Crippen molar-refractivity contribution in [3.63, 3.8) is 0 Å². The molecule has 0 amide bonds. The van der Waals surface area contributed by atoms with Crippen molar-refractivity contribution in [2.75, 3.05) is 12.4 Å². The van der Waals surface area contributed by atoms with E-state index >= 15 is 0 Å². The first kappa shape index (κ1) is 12.2. The molecule has 1 fully saturated rings. The number of nitrogens with zero attached hydrogens (tertiary/aromatic N) is 1. The Bertz CT molecular complexity index is 354. The van der Waals surface area contributed by atoms with Gasteiger partial charge in [-0.1, -0.05) is 13.8 Å². The Kier molecular flexibility index (Phi) is 4.07. The second-order valence-corrected chi connectivity index (χ2v) is 6.44. The van der Waals surface area contributed by atoms with Gasteiger partial charge in [-0.05, 0) is 5.92 Å². The number of rotatable bonds is 5. The molecule has 2 heterocycles. The zero-order valence-electron chi connectivity index (χ0n) is 9.38. The SMILES string of the molecule is CC(C)CS(=O)NC1OCC1c1nccs1. The predicted octanol–water partition coefficient (Wildman–Crippen LogP) is 1.49. The Hall–Kier alpha value is -0.300. The predicted molar refractivity (Wildman–Crippen MR) is 65.6 cm³/mol. The molecule has 0 bridgehead atoms. The second-order valence-electron chi connectivity index (χ2n) is 4.25. The lowest BCUT2D eigenvalue weighted by molar-refractivity contribution is -0.0820. The first-order chi connectivity index (χ1) is 7.66. The Labute approximate surface area is 102 Å². The highest BCUT2D eigenvalue weighted by Crippen LogP contribution is 2.30. The number of hydrogen-bond acceptors (Lipinski definition) is 4. The van der Waals surface area contributed by atoms with Crippen molar-refractivity contribution in [2.45, 2.75) is 26.0 Å².